The van der Waals surface area contributed by atoms with E-state index in [-0.39, 0.29) is 5.91 Å². The molecule has 0 saturated heterocycles. The summed E-state index contributed by atoms with van der Waals surface area (Å²) in [5.74, 6) is -0.295. The highest BCUT2D eigenvalue weighted by Gasteiger charge is 2.08. The van der Waals surface area contributed by atoms with Crippen molar-refractivity contribution in [2.45, 2.75) is 0 Å². The maximum absolute atomic E-state index is 12.0. The molecule has 0 fully saturated rings. The summed E-state index contributed by atoms with van der Waals surface area (Å²) in [4.78, 5) is 12.0. The summed E-state index contributed by atoms with van der Waals surface area (Å²) < 4.78 is 0. The Balaban J connectivity index is 2.18. The van der Waals surface area contributed by atoms with Gasteiger partial charge in [0.15, 0.2) is 0 Å². The van der Waals surface area contributed by atoms with Gasteiger partial charge in [0.05, 0.1) is 22.3 Å². The first kappa shape index (κ1) is 12.9. The summed E-state index contributed by atoms with van der Waals surface area (Å²) in [5, 5.41) is 11.7. The lowest BCUT2D eigenvalue weighted by Gasteiger charge is -2.07. The van der Waals surface area contributed by atoms with Crippen molar-refractivity contribution >= 4 is 28.9 Å². The fraction of sp³-hybridized carbons (Fsp3) is 0. The fourth-order valence-corrected chi connectivity index (χ4v) is 1.76. The van der Waals surface area contributed by atoms with Gasteiger partial charge in [0, 0.05) is 11.3 Å². The Labute approximate surface area is 115 Å². The largest absolute Gasteiger partial charge is 0.399 e. The van der Waals surface area contributed by atoms with Gasteiger partial charge in [-0.25, -0.2) is 0 Å². The quantitative estimate of drug-likeness (QED) is 0.824. The number of carbonyl (C=O) groups is 1. The van der Waals surface area contributed by atoms with Gasteiger partial charge in [-0.1, -0.05) is 11.6 Å². The third-order valence-corrected chi connectivity index (χ3v) is 2.83. The molecule has 0 bridgehead atoms. The van der Waals surface area contributed by atoms with Crippen LogP contribution >= 0.6 is 11.6 Å². The van der Waals surface area contributed by atoms with E-state index in [1.165, 1.54) is 0 Å². The lowest BCUT2D eigenvalue weighted by Crippen LogP contribution is -2.12. The van der Waals surface area contributed by atoms with E-state index in [2.05, 4.69) is 5.32 Å². The van der Waals surface area contributed by atoms with Crippen molar-refractivity contribution in [1.82, 2.24) is 0 Å². The zero-order valence-electron chi connectivity index (χ0n) is 9.85. The normalized spacial score (nSPS) is 9.68. The average Bonchev–Trinajstić information content (AvgIpc) is 2.42. The minimum absolute atomic E-state index is 0.295. The summed E-state index contributed by atoms with van der Waals surface area (Å²) in [5.41, 5.74) is 7.55. The molecule has 0 saturated carbocycles. The molecule has 4 nitrogen and oxygen atoms in total. The molecule has 19 heavy (non-hydrogen) atoms. The molecule has 2 rings (SSSR count). The van der Waals surface area contributed by atoms with Gasteiger partial charge in [-0.3, -0.25) is 4.79 Å². The first-order chi connectivity index (χ1) is 9.10. The number of nitrogen functional groups attached to an aromatic ring is 1. The molecule has 2 aromatic rings. The second-order valence-corrected chi connectivity index (χ2v) is 4.29. The lowest BCUT2D eigenvalue weighted by molar-refractivity contribution is 0.102. The van der Waals surface area contributed by atoms with Crippen molar-refractivity contribution in [3.05, 3.63) is 58.6 Å². The first-order valence-electron chi connectivity index (χ1n) is 5.46. The van der Waals surface area contributed by atoms with E-state index in [4.69, 9.17) is 22.6 Å². The Bertz CT molecular complexity index is 659. The zero-order valence-corrected chi connectivity index (χ0v) is 10.6. The molecule has 0 unspecified atom stereocenters. The number of rotatable bonds is 2. The number of hydrogen-bond donors (Lipinski definition) is 2. The van der Waals surface area contributed by atoms with Crippen molar-refractivity contribution in [3.8, 4) is 6.07 Å². The number of nitriles is 1. The Hall–Kier alpha value is -2.51. The molecule has 0 aliphatic rings. The minimum atomic E-state index is -0.295. The van der Waals surface area contributed by atoms with E-state index >= 15 is 0 Å². The molecular formula is C14H10ClN3O. The van der Waals surface area contributed by atoms with Gasteiger partial charge in [-0.2, -0.15) is 5.26 Å². The smallest absolute Gasteiger partial charge is 0.255 e. The van der Waals surface area contributed by atoms with Crippen LogP contribution in [0.1, 0.15) is 15.9 Å². The van der Waals surface area contributed by atoms with E-state index in [1.807, 2.05) is 6.07 Å². The molecule has 0 aliphatic heterocycles. The van der Waals surface area contributed by atoms with Crippen LogP contribution in [0.4, 0.5) is 11.4 Å². The van der Waals surface area contributed by atoms with Gasteiger partial charge in [0.1, 0.15) is 0 Å². The highest BCUT2D eigenvalue weighted by molar-refractivity contribution is 6.34. The van der Waals surface area contributed by atoms with Crippen LogP contribution in [0.2, 0.25) is 5.02 Å². The molecule has 5 heteroatoms. The van der Waals surface area contributed by atoms with Crippen LogP contribution in [-0.4, -0.2) is 5.91 Å². The molecule has 0 radical (unpaired) electrons. The number of anilines is 2. The third-order valence-electron chi connectivity index (χ3n) is 2.52. The van der Waals surface area contributed by atoms with Crippen LogP contribution in [0.15, 0.2) is 42.5 Å². The number of nitrogens with zero attached hydrogens (tertiary/aromatic N) is 1. The number of nitrogens with two attached hydrogens (primary N) is 1. The van der Waals surface area contributed by atoms with Crippen molar-refractivity contribution in [3.63, 3.8) is 0 Å². The highest BCUT2D eigenvalue weighted by Crippen LogP contribution is 2.24. The number of benzene rings is 2. The van der Waals surface area contributed by atoms with E-state index < -0.39 is 0 Å². The molecule has 1 amide bonds. The summed E-state index contributed by atoms with van der Waals surface area (Å²) in [6, 6.07) is 13.2. The molecule has 0 aliphatic carbocycles. The third kappa shape index (κ3) is 3.03. The number of nitrogens with one attached hydrogen (secondary N) is 1. The van der Waals surface area contributed by atoms with Gasteiger partial charge in [0.25, 0.3) is 5.91 Å². The van der Waals surface area contributed by atoms with Crippen molar-refractivity contribution < 1.29 is 4.79 Å². The summed E-state index contributed by atoms with van der Waals surface area (Å²) >= 11 is 5.97. The molecule has 2 aromatic carbocycles. The van der Waals surface area contributed by atoms with Crippen molar-refractivity contribution in [1.29, 1.82) is 5.26 Å². The summed E-state index contributed by atoms with van der Waals surface area (Å²) in [7, 11) is 0. The van der Waals surface area contributed by atoms with Crippen LogP contribution in [0.3, 0.4) is 0 Å². The van der Waals surface area contributed by atoms with Gasteiger partial charge in [-0.15, -0.1) is 0 Å². The number of halogens is 1. The Kier molecular flexibility index (Phi) is 3.69. The maximum atomic E-state index is 12.0. The van der Waals surface area contributed by atoms with E-state index in [0.717, 1.165) is 0 Å². The molecule has 0 atom stereocenters. The number of hydrogen-bond acceptors (Lipinski definition) is 3. The van der Waals surface area contributed by atoms with E-state index in [1.54, 1.807) is 42.5 Å². The zero-order chi connectivity index (χ0) is 13.8. The van der Waals surface area contributed by atoms with Crippen molar-refractivity contribution in [2.24, 2.45) is 0 Å². The van der Waals surface area contributed by atoms with Crippen LogP contribution in [0.25, 0.3) is 0 Å². The predicted molar refractivity (Wildman–Crippen MR) is 75.0 cm³/mol. The average molecular weight is 272 g/mol. The molecule has 94 valence electrons. The molecule has 0 heterocycles. The van der Waals surface area contributed by atoms with Crippen LogP contribution in [0.5, 0.6) is 0 Å². The molecule has 0 spiro atoms. The lowest BCUT2D eigenvalue weighted by atomic mass is 10.1. The van der Waals surface area contributed by atoms with Gasteiger partial charge >= 0.3 is 0 Å². The highest BCUT2D eigenvalue weighted by atomic mass is 35.5. The van der Waals surface area contributed by atoms with Crippen LogP contribution < -0.4 is 11.1 Å². The van der Waals surface area contributed by atoms with Gasteiger partial charge in [-0.05, 0) is 42.5 Å². The van der Waals surface area contributed by atoms with E-state index in [0.29, 0.717) is 27.5 Å². The summed E-state index contributed by atoms with van der Waals surface area (Å²) in [6.07, 6.45) is 0. The SMILES string of the molecule is N#Cc1ccc(C(=O)Nc2ccc(N)cc2Cl)cc1. The second kappa shape index (κ2) is 5.42. The number of carbonyl (C=O) groups excluding carboxylic acids is 1. The van der Waals surface area contributed by atoms with Crippen LogP contribution in [-0.2, 0) is 0 Å². The number of amides is 1. The Morgan fingerprint density at radius 1 is 1.21 bits per heavy atom. The summed E-state index contributed by atoms with van der Waals surface area (Å²) in [6.45, 7) is 0. The standard InChI is InChI=1S/C14H10ClN3O/c15-12-7-11(17)5-6-13(12)18-14(19)10-3-1-9(8-16)2-4-10/h1-7H,17H2,(H,18,19). The molecular weight excluding hydrogens is 262 g/mol. The Morgan fingerprint density at radius 3 is 2.47 bits per heavy atom. The van der Waals surface area contributed by atoms with Gasteiger partial charge < -0.3 is 11.1 Å². The monoisotopic (exact) mass is 271 g/mol. The first-order valence-corrected chi connectivity index (χ1v) is 5.84. The topological polar surface area (TPSA) is 78.9 Å². The fourth-order valence-electron chi connectivity index (χ4n) is 1.52. The van der Waals surface area contributed by atoms with Gasteiger partial charge in [0.2, 0.25) is 0 Å². The second-order valence-electron chi connectivity index (χ2n) is 3.88. The van der Waals surface area contributed by atoms with E-state index in [9.17, 15) is 4.79 Å². The maximum Gasteiger partial charge on any atom is 0.255 e. The Morgan fingerprint density at radius 2 is 1.89 bits per heavy atom. The van der Waals surface area contributed by atoms with Crippen molar-refractivity contribution in [2.75, 3.05) is 11.1 Å². The predicted octanol–water partition coefficient (Wildman–Crippen LogP) is 3.05. The molecule has 3 N–H and O–H groups in total. The molecule has 0 aromatic heterocycles. The van der Waals surface area contributed by atoms with Crippen LogP contribution in [0, 0.1) is 11.3 Å². The minimum Gasteiger partial charge on any atom is -0.399 e.